The van der Waals surface area contributed by atoms with Crippen molar-refractivity contribution >= 4 is 28.2 Å². The number of H-pyrrole nitrogens is 1. The Morgan fingerprint density at radius 3 is 2.59 bits per heavy atom. The van der Waals surface area contributed by atoms with E-state index in [0.29, 0.717) is 11.6 Å². The Morgan fingerprint density at radius 1 is 1.18 bits per heavy atom. The number of aromatic amines is 1. The summed E-state index contributed by atoms with van der Waals surface area (Å²) in [6.45, 7) is 12.4. The van der Waals surface area contributed by atoms with Crippen LogP contribution in [0, 0.1) is 0 Å². The summed E-state index contributed by atoms with van der Waals surface area (Å²) in [6, 6.07) is 11.0. The topological polar surface area (TPSA) is 70.4 Å². The number of rotatable bonds is 9. The lowest BCUT2D eigenvalue weighted by Gasteiger charge is -2.34. The van der Waals surface area contributed by atoms with Crippen LogP contribution in [0.15, 0.2) is 72.6 Å². The molecule has 1 aliphatic heterocycles. The molecule has 178 valence electrons. The van der Waals surface area contributed by atoms with Crippen molar-refractivity contribution in [2.45, 2.75) is 13.5 Å². The van der Waals surface area contributed by atoms with Crippen molar-refractivity contribution in [3.63, 3.8) is 0 Å². The van der Waals surface area contributed by atoms with Crippen LogP contribution in [0.3, 0.4) is 0 Å². The Balaban J connectivity index is 1.48. The minimum atomic E-state index is 0.585. The molecule has 0 aliphatic carbocycles. The van der Waals surface area contributed by atoms with Crippen LogP contribution in [0.2, 0.25) is 0 Å². The summed E-state index contributed by atoms with van der Waals surface area (Å²) in [5, 5.41) is 1.77. The monoisotopic (exact) mass is 477 g/mol. The second kappa shape index (κ2) is 11.6. The molecular weight excluding hydrogens is 446 g/mol. The maximum atomic E-state index is 6.16. The first kappa shape index (κ1) is 24.4. The first-order chi connectivity index (χ1) is 16.6. The lowest BCUT2D eigenvalue weighted by molar-refractivity contribution is 0.0740. The molecule has 1 saturated heterocycles. The Labute approximate surface area is 206 Å². The first-order valence-corrected chi connectivity index (χ1v) is 11.9. The fraction of sp³-hybridized carbons (Fsp3) is 0.296. The Hall–Kier alpha value is -2.74. The summed E-state index contributed by atoms with van der Waals surface area (Å²) >= 11 is 6.16. The molecule has 3 aromatic rings. The number of nitrogens with one attached hydrogen (secondary N) is 1. The van der Waals surface area contributed by atoms with Gasteiger partial charge in [-0.05, 0) is 35.8 Å². The highest BCUT2D eigenvalue weighted by molar-refractivity contribution is 6.30. The van der Waals surface area contributed by atoms with Crippen LogP contribution in [0.5, 0.6) is 0 Å². The van der Waals surface area contributed by atoms with Gasteiger partial charge in [-0.2, -0.15) is 0 Å². The Kier molecular flexibility index (Phi) is 8.32. The molecule has 6 nitrogen and oxygen atoms in total. The average Bonchev–Trinajstić information content (AvgIpc) is 3.27. The summed E-state index contributed by atoms with van der Waals surface area (Å²) in [5.74, 6) is 5.15. The van der Waals surface area contributed by atoms with Crippen molar-refractivity contribution in [1.29, 1.82) is 0 Å². The number of nitrogens with zero attached hydrogens (tertiary/aromatic N) is 3. The van der Waals surface area contributed by atoms with Gasteiger partial charge in [-0.15, -0.1) is 0 Å². The van der Waals surface area contributed by atoms with Crippen LogP contribution in [-0.2, 0) is 11.4 Å². The quantitative estimate of drug-likeness (QED) is 0.337. The van der Waals surface area contributed by atoms with Crippen LogP contribution in [0.1, 0.15) is 18.1 Å². The van der Waals surface area contributed by atoms with Gasteiger partial charge in [0.05, 0.1) is 6.61 Å². The molecule has 0 bridgehead atoms. The number of fused-ring (bicyclic) bond motifs is 1. The highest BCUT2D eigenvalue weighted by Crippen LogP contribution is 2.30. The van der Waals surface area contributed by atoms with Gasteiger partial charge in [-0.25, -0.2) is 10.9 Å². The molecule has 1 aliphatic rings. The van der Waals surface area contributed by atoms with E-state index in [0.717, 1.165) is 72.6 Å². The number of hydrogen-bond donors (Lipinski definition) is 2. The van der Waals surface area contributed by atoms with Gasteiger partial charge in [0.1, 0.15) is 5.65 Å². The van der Waals surface area contributed by atoms with Gasteiger partial charge in [0.2, 0.25) is 0 Å². The van der Waals surface area contributed by atoms with Gasteiger partial charge in [-0.1, -0.05) is 54.6 Å². The zero-order valence-electron chi connectivity index (χ0n) is 19.6. The normalized spacial score (nSPS) is 16.3. The molecule has 4 rings (SSSR count). The van der Waals surface area contributed by atoms with Crippen LogP contribution in [0.4, 0.5) is 0 Å². The second-order valence-corrected chi connectivity index (χ2v) is 9.19. The van der Waals surface area contributed by atoms with Crippen molar-refractivity contribution < 1.29 is 4.84 Å². The molecule has 0 spiro atoms. The van der Waals surface area contributed by atoms with E-state index in [9.17, 15) is 0 Å². The minimum Gasteiger partial charge on any atom is -0.346 e. The molecule has 34 heavy (non-hydrogen) atoms. The SMILES string of the molecule is C=C/C=C(\C=C(/C)Cl)c1c[nH]c2ncc(-c3ccc(CN4CCN(CCON)CC4)cc3)cc12. The van der Waals surface area contributed by atoms with E-state index < -0.39 is 0 Å². The predicted molar refractivity (Wildman–Crippen MR) is 141 cm³/mol. The second-order valence-electron chi connectivity index (χ2n) is 8.60. The third-order valence-corrected chi connectivity index (χ3v) is 6.29. The van der Waals surface area contributed by atoms with Crippen molar-refractivity contribution in [3.05, 3.63) is 83.7 Å². The van der Waals surface area contributed by atoms with Gasteiger partial charge in [0.25, 0.3) is 0 Å². The van der Waals surface area contributed by atoms with E-state index in [4.69, 9.17) is 22.3 Å². The molecular formula is C27H32ClN5O. The van der Waals surface area contributed by atoms with Gasteiger partial charge in [0, 0.05) is 73.2 Å². The largest absolute Gasteiger partial charge is 0.346 e. The van der Waals surface area contributed by atoms with Crippen molar-refractivity contribution in [3.8, 4) is 11.1 Å². The maximum Gasteiger partial charge on any atom is 0.137 e. The third kappa shape index (κ3) is 6.03. The van der Waals surface area contributed by atoms with Crippen LogP contribution in [-0.4, -0.2) is 59.1 Å². The zero-order chi connectivity index (χ0) is 23.9. The fourth-order valence-electron chi connectivity index (χ4n) is 4.37. The highest BCUT2D eigenvalue weighted by Gasteiger charge is 2.17. The molecule has 3 N–H and O–H groups in total. The molecule has 1 aromatic carbocycles. The van der Waals surface area contributed by atoms with E-state index in [1.807, 2.05) is 31.5 Å². The lowest BCUT2D eigenvalue weighted by Crippen LogP contribution is -2.46. The molecule has 0 radical (unpaired) electrons. The predicted octanol–water partition coefficient (Wildman–Crippen LogP) is 4.95. The fourth-order valence-corrected chi connectivity index (χ4v) is 4.49. The van der Waals surface area contributed by atoms with Crippen molar-refractivity contribution in [2.75, 3.05) is 39.3 Å². The molecule has 0 saturated carbocycles. The number of benzene rings is 1. The number of halogens is 1. The molecule has 0 unspecified atom stereocenters. The summed E-state index contributed by atoms with van der Waals surface area (Å²) in [7, 11) is 0. The summed E-state index contributed by atoms with van der Waals surface area (Å²) in [4.78, 5) is 17.5. The van der Waals surface area contributed by atoms with E-state index in [-0.39, 0.29) is 0 Å². The number of piperazine rings is 1. The lowest BCUT2D eigenvalue weighted by atomic mass is 10.0. The molecule has 0 atom stereocenters. The number of pyridine rings is 1. The van der Waals surface area contributed by atoms with E-state index in [2.05, 4.69) is 56.7 Å². The summed E-state index contributed by atoms with van der Waals surface area (Å²) in [6.07, 6.45) is 9.57. The average molecular weight is 478 g/mol. The van der Waals surface area contributed by atoms with E-state index in [1.165, 1.54) is 5.56 Å². The summed E-state index contributed by atoms with van der Waals surface area (Å²) in [5.41, 5.74) is 6.45. The first-order valence-electron chi connectivity index (χ1n) is 11.6. The summed E-state index contributed by atoms with van der Waals surface area (Å²) < 4.78 is 0. The Morgan fingerprint density at radius 2 is 1.91 bits per heavy atom. The van der Waals surface area contributed by atoms with Gasteiger partial charge < -0.3 is 9.82 Å². The third-order valence-electron chi connectivity index (χ3n) is 6.18. The smallest absolute Gasteiger partial charge is 0.137 e. The Bertz CT molecular complexity index is 1170. The minimum absolute atomic E-state index is 0.585. The van der Waals surface area contributed by atoms with Gasteiger partial charge in [-0.3, -0.25) is 9.80 Å². The number of aromatic nitrogens is 2. The molecule has 2 aromatic heterocycles. The maximum absolute atomic E-state index is 6.16. The van der Waals surface area contributed by atoms with Crippen LogP contribution >= 0.6 is 11.6 Å². The van der Waals surface area contributed by atoms with Gasteiger partial charge >= 0.3 is 0 Å². The highest BCUT2D eigenvalue weighted by atomic mass is 35.5. The molecule has 7 heteroatoms. The standard InChI is InChI=1S/C27H32ClN5O/c1-3-4-23(15-20(2)28)26-18-31-27-25(26)16-24(17-30-27)22-7-5-21(6-8-22)19-33-11-9-32(10-12-33)13-14-34-29/h3-8,15-18H,1,9-14,19,29H2,2H3,(H,30,31)/b20-15+,23-4+. The number of allylic oxidation sites excluding steroid dienone is 5. The van der Waals surface area contributed by atoms with Gasteiger partial charge in [0.15, 0.2) is 0 Å². The van der Waals surface area contributed by atoms with Crippen molar-refractivity contribution in [2.24, 2.45) is 5.90 Å². The molecule has 3 heterocycles. The van der Waals surface area contributed by atoms with Crippen LogP contribution in [0.25, 0.3) is 27.7 Å². The molecule has 1 fully saturated rings. The van der Waals surface area contributed by atoms with Crippen LogP contribution < -0.4 is 5.90 Å². The number of nitrogens with two attached hydrogens (primary N) is 1. The molecule has 0 amide bonds. The zero-order valence-corrected chi connectivity index (χ0v) is 20.4. The van der Waals surface area contributed by atoms with E-state index >= 15 is 0 Å². The van der Waals surface area contributed by atoms with E-state index in [1.54, 1.807) is 6.08 Å². The number of hydrogen-bond acceptors (Lipinski definition) is 5. The van der Waals surface area contributed by atoms with Crippen molar-refractivity contribution in [1.82, 2.24) is 19.8 Å².